The maximum atomic E-state index is 11.8. The molecule has 0 spiro atoms. The van der Waals surface area contributed by atoms with Crippen molar-refractivity contribution in [2.45, 2.75) is 0 Å². The number of carbonyl (C=O) groups excluding carboxylic acids is 1. The maximum Gasteiger partial charge on any atom is 0.305 e. The van der Waals surface area contributed by atoms with Crippen LogP contribution in [0.15, 0.2) is 84.0 Å². The Morgan fingerprint density at radius 1 is 0.826 bits per heavy atom. The monoisotopic (exact) mass is 304 g/mol. The van der Waals surface area contributed by atoms with Crippen molar-refractivity contribution < 1.29 is 9.21 Å². The number of amides is 1. The third kappa shape index (κ3) is 3.49. The van der Waals surface area contributed by atoms with Gasteiger partial charge < -0.3 is 4.42 Å². The zero-order valence-electron chi connectivity index (χ0n) is 12.5. The predicted octanol–water partition coefficient (Wildman–Crippen LogP) is 3.85. The Morgan fingerprint density at radius 2 is 1.52 bits per heavy atom. The molecule has 4 heteroatoms. The van der Waals surface area contributed by atoms with E-state index >= 15 is 0 Å². The van der Waals surface area contributed by atoms with Gasteiger partial charge in [0.15, 0.2) is 5.76 Å². The van der Waals surface area contributed by atoms with Crippen molar-refractivity contribution >= 4 is 11.6 Å². The zero-order chi connectivity index (χ0) is 16.1. The fraction of sp³-hybridized carbons (Fsp3) is 0. The summed E-state index contributed by atoms with van der Waals surface area (Å²) in [5.41, 5.74) is 9.12. The van der Waals surface area contributed by atoms with Gasteiger partial charge >= 0.3 is 5.91 Å². The van der Waals surface area contributed by atoms with E-state index in [9.17, 15) is 4.79 Å². The number of hydrogen-bond acceptors (Lipinski definition) is 3. The minimum Gasteiger partial charge on any atom is -0.459 e. The summed E-state index contributed by atoms with van der Waals surface area (Å²) >= 11 is 0. The third-order valence-corrected chi connectivity index (χ3v) is 3.41. The standard InChI is InChI=1S/C19H16N2O2/c1-14(20-21-19(22)18-8-5-13-23-18)15-9-11-17(12-10-15)16-6-3-2-4-7-16/h2-13,20H,1H2,(H,21,22). The van der Waals surface area contributed by atoms with Crippen LogP contribution in [0.4, 0.5) is 0 Å². The van der Waals surface area contributed by atoms with Crippen LogP contribution in [0, 0.1) is 0 Å². The van der Waals surface area contributed by atoms with Crippen molar-refractivity contribution in [3.63, 3.8) is 0 Å². The number of carbonyl (C=O) groups is 1. The highest BCUT2D eigenvalue weighted by Gasteiger charge is 2.08. The summed E-state index contributed by atoms with van der Waals surface area (Å²) in [6, 6.07) is 21.3. The van der Waals surface area contributed by atoms with E-state index in [1.54, 1.807) is 12.1 Å². The highest BCUT2D eigenvalue weighted by atomic mass is 16.3. The van der Waals surface area contributed by atoms with Gasteiger partial charge in [-0.25, -0.2) is 0 Å². The lowest BCUT2D eigenvalue weighted by atomic mass is 10.0. The molecule has 2 aromatic carbocycles. The molecule has 3 rings (SSSR count). The Hall–Kier alpha value is -3.27. The van der Waals surface area contributed by atoms with Crippen LogP contribution in [0.3, 0.4) is 0 Å². The van der Waals surface area contributed by atoms with Crippen LogP contribution in [-0.2, 0) is 0 Å². The lowest BCUT2D eigenvalue weighted by Crippen LogP contribution is -2.35. The largest absolute Gasteiger partial charge is 0.459 e. The average molecular weight is 304 g/mol. The lowest BCUT2D eigenvalue weighted by Gasteiger charge is -2.11. The first-order valence-corrected chi connectivity index (χ1v) is 7.18. The summed E-state index contributed by atoms with van der Waals surface area (Å²) in [7, 11) is 0. The summed E-state index contributed by atoms with van der Waals surface area (Å²) in [5.74, 6) is -0.109. The molecular formula is C19H16N2O2. The van der Waals surface area contributed by atoms with Crippen molar-refractivity contribution in [2.75, 3.05) is 0 Å². The number of benzene rings is 2. The Labute approximate surface area is 134 Å². The Morgan fingerprint density at radius 3 is 2.17 bits per heavy atom. The number of rotatable bonds is 5. The number of nitrogens with one attached hydrogen (secondary N) is 2. The molecule has 4 nitrogen and oxygen atoms in total. The van der Waals surface area contributed by atoms with Gasteiger partial charge in [-0.1, -0.05) is 61.2 Å². The van der Waals surface area contributed by atoms with Crippen molar-refractivity contribution in [1.82, 2.24) is 10.9 Å². The van der Waals surface area contributed by atoms with Gasteiger partial charge in [-0.05, 0) is 28.8 Å². The summed E-state index contributed by atoms with van der Waals surface area (Å²) in [4.78, 5) is 11.8. The van der Waals surface area contributed by atoms with Gasteiger partial charge in [-0.15, -0.1) is 0 Å². The van der Waals surface area contributed by atoms with E-state index in [2.05, 4.69) is 29.6 Å². The molecule has 3 aromatic rings. The summed E-state index contributed by atoms with van der Waals surface area (Å²) in [6.07, 6.45) is 1.45. The number of hydrazine groups is 1. The second-order valence-corrected chi connectivity index (χ2v) is 4.98. The molecule has 1 amide bonds. The van der Waals surface area contributed by atoms with Gasteiger partial charge in [0.25, 0.3) is 0 Å². The highest BCUT2D eigenvalue weighted by molar-refractivity contribution is 5.91. The molecule has 1 aromatic heterocycles. The summed E-state index contributed by atoms with van der Waals surface area (Å²) < 4.78 is 5.02. The van der Waals surface area contributed by atoms with Crippen molar-refractivity contribution in [1.29, 1.82) is 0 Å². The smallest absolute Gasteiger partial charge is 0.305 e. The molecule has 2 N–H and O–H groups in total. The van der Waals surface area contributed by atoms with Crippen LogP contribution < -0.4 is 10.9 Å². The highest BCUT2D eigenvalue weighted by Crippen LogP contribution is 2.20. The zero-order valence-corrected chi connectivity index (χ0v) is 12.5. The molecule has 0 radical (unpaired) electrons. The lowest BCUT2D eigenvalue weighted by molar-refractivity contribution is 0.0914. The molecule has 0 unspecified atom stereocenters. The fourth-order valence-corrected chi connectivity index (χ4v) is 2.17. The fourth-order valence-electron chi connectivity index (χ4n) is 2.17. The molecule has 1 heterocycles. The Kier molecular flexibility index (Phi) is 4.25. The SMILES string of the molecule is C=C(NNC(=O)c1ccco1)c1ccc(-c2ccccc2)cc1. The second kappa shape index (κ2) is 6.66. The molecule has 0 saturated carbocycles. The molecule has 23 heavy (non-hydrogen) atoms. The first kappa shape index (κ1) is 14.7. The van der Waals surface area contributed by atoms with E-state index in [-0.39, 0.29) is 11.7 Å². The topological polar surface area (TPSA) is 54.3 Å². The van der Waals surface area contributed by atoms with Crippen molar-refractivity contribution in [3.8, 4) is 11.1 Å². The number of hydrogen-bond donors (Lipinski definition) is 2. The number of furan rings is 1. The van der Waals surface area contributed by atoms with E-state index in [4.69, 9.17) is 4.42 Å². The van der Waals surface area contributed by atoms with Gasteiger partial charge in [0.1, 0.15) is 0 Å². The van der Waals surface area contributed by atoms with Gasteiger partial charge in [-0.3, -0.25) is 15.6 Å². The predicted molar refractivity (Wildman–Crippen MR) is 90.2 cm³/mol. The van der Waals surface area contributed by atoms with E-state index < -0.39 is 0 Å². The quantitative estimate of drug-likeness (QED) is 0.704. The van der Waals surface area contributed by atoms with Gasteiger partial charge in [0.2, 0.25) is 0 Å². The molecule has 0 fully saturated rings. The van der Waals surface area contributed by atoms with E-state index in [1.807, 2.05) is 42.5 Å². The maximum absolute atomic E-state index is 11.8. The van der Waals surface area contributed by atoms with Crippen molar-refractivity contribution in [3.05, 3.63) is 90.9 Å². The van der Waals surface area contributed by atoms with E-state index in [1.165, 1.54) is 6.26 Å². The molecule has 0 aliphatic carbocycles. The van der Waals surface area contributed by atoms with Gasteiger partial charge in [-0.2, -0.15) is 0 Å². The minimum absolute atomic E-state index is 0.240. The van der Waals surface area contributed by atoms with E-state index in [0.717, 1.165) is 16.7 Å². The van der Waals surface area contributed by atoms with Crippen LogP contribution in [-0.4, -0.2) is 5.91 Å². The molecule has 0 saturated heterocycles. The third-order valence-electron chi connectivity index (χ3n) is 3.41. The first-order valence-electron chi connectivity index (χ1n) is 7.18. The van der Waals surface area contributed by atoms with Gasteiger partial charge in [0, 0.05) is 0 Å². The van der Waals surface area contributed by atoms with Crippen molar-refractivity contribution in [2.24, 2.45) is 0 Å². The first-order chi connectivity index (χ1) is 11.2. The Bertz CT molecular complexity index is 791. The van der Waals surface area contributed by atoms with Crippen LogP contribution in [0.2, 0.25) is 0 Å². The molecular weight excluding hydrogens is 288 g/mol. The van der Waals surface area contributed by atoms with Crippen LogP contribution in [0.25, 0.3) is 16.8 Å². The molecule has 0 bridgehead atoms. The average Bonchev–Trinajstić information content (AvgIpc) is 3.15. The van der Waals surface area contributed by atoms with Crippen LogP contribution in [0.5, 0.6) is 0 Å². The molecule has 114 valence electrons. The van der Waals surface area contributed by atoms with Gasteiger partial charge in [0.05, 0.1) is 12.0 Å². The molecule has 0 aliphatic rings. The summed E-state index contributed by atoms with van der Waals surface area (Å²) in [6.45, 7) is 3.92. The Balaban J connectivity index is 1.63. The van der Waals surface area contributed by atoms with Crippen LogP contribution >= 0.6 is 0 Å². The van der Waals surface area contributed by atoms with Crippen LogP contribution in [0.1, 0.15) is 16.1 Å². The minimum atomic E-state index is -0.350. The molecule has 0 atom stereocenters. The second-order valence-electron chi connectivity index (χ2n) is 4.98. The van der Waals surface area contributed by atoms with E-state index in [0.29, 0.717) is 5.70 Å². The summed E-state index contributed by atoms with van der Waals surface area (Å²) in [5, 5.41) is 0. The normalized spacial score (nSPS) is 10.1. The molecule has 0 aliphatic heterocycles.